The fraction of sp³-hybridized carbons (Fsp3) is 0.579. The van der Waals surface area contributed by atoms with Gasteiger partial charge in [-0.15, -0.1) is 0 Å². The van der Waals surface area contributed by atoms with Crippen LogP contribution in [0.25, 0.3) is 11.0 Å². The number of fused-ring (bicyclic) bond motifs is 1. The van der Waals surface area contributed by atoms with E-state index < -0.39 is 11.2 Å². The van der Waals surface area contributed by atoms with Crippen molar-refractivity contribution in [3.05, 3.63) is 38.7 Å². The lowest BCUT2D eigenvalue weighted by Gasteiger charge is -2.35. The topological polar surface area (TPSA) is 89.2 Å². The van der Waals surface area contributed by atoms with Crippen molar-refractivity contribution in [2.45, 2.75) is 32.7 Å². The van der Waals surface area contributed by atoms with E-state index in [1.807, 2.05) is 0 Å². The summed E-state index contributed by atoms with van der Waals surface area (Å²) < 4.78 is 2.32. The van der Waals surface area contributed by atoms with Crippen LogP contribution in [0.5, 0.6) is 0 Å². The van der Waals surface area contributed by atoms with E-state index in [2.05, 4.69) is 29.0 Å². The summed E-state index contributed by atoms with van der Waals surface area (Å²) in [5.74, 6) is 0.380. The van der Waals surface area contributed by atoms with E-state index in [-0.39, 0.29) is 23.3 Å². The Labute approximate surface area is 157 Å². The number of aromatic nitrogens is 3. The van der Waals surface area contributed by atoms with Gasteiger partial charge in [-0.2, -0.15) is 0 Å². The molecule has 8 heteroatoms. The van der Waals surface area contributed by atoms with Crippen LogP contribution in [0.15, 0.2) is 21.7 Å². The number of aryl methyl sites for hydroxylation is 1. The highest BCUT2D eigenvalue weighted by Gasteiger charge is 2.21. The van der Waals surface area contributed by atoms with Crippen molar-refractivity contribution in [3.63, 3.8) is 0 Å². The highest BCUT2D eigenvalue weighted by molar-refractivity contribution is 5.94. The van der Waals surface area contributed by atoms with Crippen LogP contribution in [0.1, 0.15) is 37.2 Å². The van der Waals surface area contributed by atoms with Gasteiger partial charge in [-0.25, -0.2) is 9.78 Å². The molecule has 2 aromatic rings. The van der Waals surface area contributed by atoms with E-state index in [1.165, 1.54) is 30.5 Å². The van der Waals surface area contributed by atoms with Gasteiger partial charge in [0.2, 0.25) is 0 Å². The first kappa shape index (κ1) is 19.3. The molecule has 2 unspecified atom stereocenters. The van der Waals surface area contributed by atoms with E-state index >= 15 is 0 Å². The van der Waals surface area contributed by atoms with Crippen molar-refractivity contribution in [3.8, 4) is 0 Å². The van der Waals surface area contributed by atoms with Crippen LogP contribution in [0.3, 0.4) is 0 Å². The third-order valence-electron chi connectivity index (χ3n) is 5.40. The van der Waals surface area contributed by atoms with Crippen molar-refractivity contribution in [1.29, 1.82) is 0 Å². The molecule has 1 aliphatic heterocycles. The number of carbonyl (C=O) groups is 1. The van der Waals surface area contributed by atoms with E-state index in [0.717, 1.165) is 17.7 Å². The number of nitrogens with zero attached hydrogens (tertiary/aromatic N) is 4. The van der Waals surface area contributed by atoms with Crippen LogP contribution >= 0.6 is 0 Å². The zero-order valence-electron chi connectivity index (χ0n) is 16.4. The Bertz CT molecular complexity index is 978. The summed E-state index contributed by atoms with van der Waals surface area (Å²) in [5.41, 5.74) is -0.468. The predicted molar refractivity (Wildman–Crippen MR) is 104 cm³/mol. The van der Waals surface area contributed by atoms with Gasteiger partial charge in [-0.05, 0) is 44.4 Å². The van der Waals surface area contributed by atoms with Gasteiger partial charge in [-0.3, -0.25) is 23.6 Å². The fourth-order valence-electron chi connectivity index (χ4n) is 3.67. The Morgan fingerprint density at radius 3 is 2.74 bits per heavy atom. The standard InChI is InChI=1S/C19H27N5O3/c1-12-6-5-9-24(11-12)13(2)10-20-17(25)15-8-7-14-16(21-15)22(3)19(27)23(4)18(14)26/h7-8,12-13H,5-6,9-11H2,1-4H3,(H,20,25). The summed E-state index contributed by atoms with van der Waals surface area (Å²) in [6.07, 6.45) is 2.45. The Balaban J connectivity index is 1.76. The quantitative estimate of drug-likeness (QED) is 0.842. The number of carbonyl (C=O) groups excluding carboxylic acids is 1. The van der Waals surface area contributed by atoms with Gasteiger partial charge < -0.3 is 5.32 Å². The van der Waals surface area contributed by atoms with Gasteiger partial charge in [0.1, 0.15) is 11.3 Å². The van der Waals surface area contributed by atoms with E-state index in [9.17, 15) is 14.4 Å². The summed E-state index contributed by atoms with van der Waals surface area (Å²) in [4.78, 5) is 43.5. The molecule has 2 atom stereocenters. The van der Waals surface area contributed by atoms with E-state index in [4.69, 9.17) is 0 Å². The Morgan fingerprint density at radius 2 is 2.04 bits per heavy atom. The molecular formula is C19H27N5O3. The maximum Gasteiger partial charge on any atom is 0.332 e. The molecule has 146 valence electrons. The van der Waals surface area contributed by atoms with E-state index in [1.54, 1.807) is 13.1 Å². The van der Waals surface area contributed by atoms with Crippen LogP contribution in [0.4, 0.5) is 0 Å². The van der Waals surface area contributed by atoms with Gasteiger partial charge in [-0.1, -0.05) is 6.92 Å². The zero-order valence-corrected chi connectivity index (χ0v) is 16.4. The molecule has 3 heterocycles. The molecule has 0 spiro atoms. The smallest absolute Gasteiger partial charge is 0.332 e. The minimum absolute atomic E-state index is 0.199. The van der Waals surface area contributed by atoms with Crippen molar-refractivity contribution in [1.82, 2.24) is 24.3 Å². The van der Waals surface area contributed by atoms with E-state index in [0.29, 0.717) is 17.8 Å². The average Bonchev–Trinajstić information content (AvgIpc) is 2.68. The molecule has 0 bridgehead atoms. The summed E-state index contributed by atoms with van der Waals surface area (Å²) >= 11 is 0. The number of rotatable bonds is 4. The largest absolute Gasteiger partial charge is 0.349 e. The lowest BCUT2D eigenvalue weighted by Crippen LogP contribution is -2.46. The van der Waals surface area contributed by atoms with Crippen LogP contribution in [0.2, 0.25) is 0 Å². The molecule has 1 saturated heterocycles. The average molecular weight is 373 g/mol. The molecule has 1 aliphatic rings. The van der Waals surface area contributed by atoms with Gasteiger partial charge >= 0.3 is 5.69 Å². The molecule has 1 N–H and O–H groups in total. The summed E-state index contributed by atoms with van der Waals surface area (Å²) in [6.45, 7) is 7.00. The van der Waals surface area contributed by atoms with Crippen LogP contribution in [0, 0.1) is 5.92 Å². The Hall–Kier alpha value is -2.48. The highest BCUT2D eigenvalue weighted by atomic mass is 16.2. The first-order chi connectivity index (χ1) is 12.8. The number of likely N-dealkylation sites (tertiary alicyclic amines) is 1. The minimum Gasteiger partial charge on any atom is -0.349 e. The SMILES string of the molecule is CC1CCCN(C(C)CNC(=O)c2ccc3c(=O)n(C)c(=O)n(C)c3n2)C1. The van der Waals surface area contributed by atoms with Crippen LogP contribution < -0.4 is 16.6 Å². The second-order valence-electron chi connectivity index (χ2n) is 7.57. The van der Waals surface area contributed by atoms with Crippen LogP contribution in [-0.4, -0.2) is 50.6 Å². The number of piperidine rings is 1. The van der Waals surface area contributed by atoms with Gasteiger partial charge in [0, 0.05) is 33.2 Å². The lowest BCUT2D eigenvalue weighted by atomic mass is 9.99. The lowest BCUT2D eigenvalue weighted by molar-refractivity contribution is 0.0913. The van der Waals surface area contributed by atoms with Gasteiger partial charge in [0.25, 0.3) is 11.5 Å². The second kappa shape index (κ2) is 7.64. The van der Waals surface area contributed by atoms with Gasteiger partial charge in [0.05, 0.1) is 5.39 Å². The van der Waals surface area contributed by atoms with Crippen molar-refractivity contribution >= 4 is 16.9 Å². The van der Waals surface area contributed by atoms with Crippen molar-refractivity contribution in [2.75, 3.05) is 19.6 Å². The summed E-state index contributed by atoms with van der Waals surface area (Å²) in [6, 6.07) is 3.32. The third-order valence-corrected chi connectivity index (χ3v) is 5.40. The molecule has 0 aliphatic carbocycles. The summed E-state index contributed by atoms with van der Waals surface area (Å²) in [5, 5.41) is 3.23. The summed E-state index contributed by atoms with van der Waals surface area (Å²) in [7, 11) is 2.96. The first-order valence-electron chi connectivity index (χ1n) is 9.38. The number of amides is 1. The molecule has 3 rings (SSSR count). The molecule has 1 fully saturated rings. The van der Waals surface area contributed by atoms with Crippen molar-refractivity contribution in [2.24, 2.45) is 20.0 Å². The molecule has 1 amide bonds. The predicted octanol–water partition coefficient (Wildman–Crippen LogP) is 0.482. The zero-order chi connectivity index (χ0) is 19.7. The highest BCUT2D eigenvalue weighted by Crippen LogP contribution is 2.17. The maximum absolute atomic E-state index is 12.5. The maximum atomic E-state index is 12.5. The first-order valence-corrected chi connectivity index (χ1v) is 9.38. The fourth-order valence-corrected chi connectivity index (χ4v) is 3.67. The number of nitrogens with one attached hydrogen (secondary N) is 1. The number of hydrogen-bond acceptors (Lipinski definition) is 5. The molecule has 0 radical (unpaired) electrons. The third kappa shape index (κ3) is 3.80. The number of pyridine rings is 1. The monoisotopic (exact) mass is 373 g/mol. The second-order valence-corrected chi connectivity index (χ2v) is 7.57. The molecule has 0 saturated carbocycles. The molecule has 2 aromatic heterocycles. The van der Waals surface area contributed by atoms with Crippen molar-refractivity contribution < 1.29 is 4.79 Å². The molecule has 27 heavy (non-hydrogen) atoms. The Kier molecular flexibility index (Phi) is 5.46. The molecule has 8 nitrogen and oxygen atoms in total. The normalized spacial score (nSPS) is 19.2. The minimum atomic E-state index is -0.467. The van der Waals surface area contributed by atoms with Crippen LogP contribution in [-0.2, 0) is 14.1 Å². The molecular weight excluding hydrogens is 346 g/mol. The molecule has 0 aromatic carbocycles. The Morgan fingerprint density at radius 1 is 1.30 bits per heavy atom. The number of hydrogen-bond donors (Lipinski definition) is 1. The van der Waals surface area contributed by atoms with Gasteiger partial charge in [0.15, 0.2) is 0 Å².